The topological polar surface area (TPSA) is 84.7 Å². The highest BCUT2D eigenvalue weighted by Gasteiger charge is 2.68. The molecular weight excluding hydrogens is 438 g/mol. The second kappa shape index (κ2) is 7.17. The normalized spacial score (nSPS) is 25.5. The molecule has 29 heavy (non-hydrogen) atoms. The molecule has 7 nitrogen and oxygen atoms in total. The molecule has 1 N–H and O–H groups in total. The fraction of sp³-hybridized carbons (Fsp3) is 0.286. The Morgan fingerprint density at radius 3 is 2.86 bits per heavy atom. The second-order valence-electron chi connectivity index (χ2n) is 7.17. The number of carbonyl (C=O) groups is 1. The first kappa shape index (κ1) is 19.4. The number of terminal acetylenes is 1. The van der Waals surface area contributed by atoms with Gasteiger partial charge >= 0.3 is 0 Å². The Balaban J connectivity index is 1.80. The zero-order chi connectivity index (χ0) is 20.8. The van der Waals surface area contributed by atoms with Gasteiger partial charge in [-0.3, -0.25) is 19.8 Å². The zero-order valence-electron chi connectivity index (χ0n) is 15.6. The smallest absolute Gasteiger partial charge is 0.256 e. The van der Waals surface area contributed by atoms with Crippen LogP contribution >= 0.6 is 15.9 Å². The first-order valence-electron chi connectivity index (χ1n) is 9.02. The maximum absolute atomic E-state index is 13.1. The summed E-state index contributed by atoms with van der Waals surface area (Å²) in [5.74, 6) is 2.12. The lowest BCUT2D eigenvalue weighted by Crippen LogP contribution is -2.54. The number of hydrogen-bond acceptors (Lipinski definition) is 5. The molecule has 4 rings (SSSR count). The molecule has 0 aromatic heterocycles. The number of carbonyl (C=O) groups excluding carboxylic acids is 1. The number of nitrogens with one attached hydrogen (secondary N) is 1. The van der Waals surface area contributed by atoms with Gasteiger partial charge < -0.3 is 10.1 Å². The Morgan fingerprint density at radius 2 is 2.17 bits per heavy atom. The third kappa shape index (κ3) is 2.81. The van der Waals surface area contributed by atoms with Gasteiger partial charge in [0.25, 0.3) is 11.9 Å². The third-order valence-corrected chi connectivity index (χ3v) is 6.36. The molecule has 1 fully saturated rings. The quantitative estimate of drug-likeness (QED) is 0.435. The summed E-state index contributed by atoms with van der Waals surface area (Å²) in [4.78, 5) is 26.8. The van der Waals surface area contributed by atoms with Crippen molar-refractivity contribution < 1.29 is 14.5 Å². The van der Waals surface area contributed by atoms with E-state index in [0.29, 0.717) is 28.0 Å². The van der Waals surface area contributed by atoms with Crippen LogP contribution in [0, 0.1) is 22.5 Å². The minimum atomic E-state index is -1.35. The van der Waals surface area contributed by atoms with Crippen molar-refractivity contribution in [2.45, 2.75) is 17.5 Å². The number of amides is 1. The number of fused-ring (bicyclic) bond motifs is 2. The van der Waals surface area contributed by atoms with Crippen molar-refractivity contribution >= 4 is 27.5 Å². The number of rotatable bonds is 4. The summed E-state index contributed by atoms with van der Waals surface area (Å²) in [5, 5.41) is 15.1. The van der Waals surface area contributed by atoms with E-state index in [4.69, 9.17) is 11.2 Å². The molecular formula is C21H18BrN3O4. The predicted octanol–water partition coefficient (Wildman–Crippen LogP) is 2.98. The van der Waals surface area contributed by atoms with Crippen LogP contribution in [0.15, 0.2) is 46.9 Å². The van der Waals surface area contributed by atoms with Crippen molar-refractivity contribution in [2.75, 3.05) is 25.5 Å². The van der Waals surface area contributed by atoms with Gasteiger partial charge in [0.15, 0.2) is 5.54 Å². The molecule has 2 aromatic carbocycles. The van der Waals surface area contributed by atoms with E-state index in [0.717, 1.165) is 5.56 Å². The molecule has 148 valence electrons. The number of benzene rings is 2. The van der Waals surface area contributed by atoms with E-state index in [-0.39, 0.29) is 17.4 Å². The molecule has 1 amide bonds. The van der Waals surface area contributed by atoms with Crippen LogP contribution < -0.4 is 10.1 Å². The number of likely N-dealkylation sites (N-methyl/N-ethyl adjacent to an activating group) is 1. The van der Waals surface area contributed by atoms with Crippen molar-refractivity contribution in [3.63, 3.8) is 0 Å². The SMILES string of the molecule is C#CCOc1ccc([C@@H]2CN(C)[C@@]3(C(=O)Nc4ccccc43)[C@@H]2[N+](=O)[O-])cc1Br. The molecule has 2 aliphatic heterocycles. The molecule has 2 heterocycles. The van der Waals surface area contributed by atoms with Gasteiger partial charge in [0, 0.05) is 22.7 Å². The summed E-state index contributed by atoms with van der Waals surface area (Å²) < 4.78 is 6.12. The Hall–Kier alpha value is -2.89. The second-order valence-corrected chi connectivity index (χ2v) is 8.02. The Bertz CT molecular complexity index is 1050. The number of para-hydroxylation sites is 1. The average Bonchev–Trinajstić information content (AvgIpc) is 3.17. The van der Waals surface area contributed by atoms with Gasteiger partial charge in [-0.05, 0) is 46.7 Å². The highest BCUT2D eigenvalue weighted by Crippen LogP contribution is 2.52. The number of hydrogen-bond donors (Lipinski definition) is 1. The largest absolute Gasteiger partial charge is 0.480 e. The minimum absolute atomic E-state index is 0.127. The van der Waals surface area contributed by atoms with Crippen molar-refractivity contribution in [1.82, 2.24) is 4.90 Å². The number of halogens is 1. The molecule has 2 aromatic rings. The van der Waals surface area contributed by atoms with Gasteiger partial charge in [0.05, 0.1) is 10.4 Å². The molecule has 1 spiro atoms. The molecule has 0 unspecified atom stereocenters. The van der Waals surface area contributed by atoms with Gasteiger partial charge in [0.2, 0.25) is 0 Å². The van der Waals surface area contributed by atoms with E-state index in [1.165, 1.54) is 0 Å². The van der Waals surface area contributed by atoms with E-state index in [2.05, 4.69) is 27.2 Å². The summed E-state index contributed by atoms with van der Waals surface area (Å²) in [7, 11) is 1.76. The van der Waals surface area contributed by atoms with E-state index in [1.807, 2.05) is 0 Å². The van der Waals surface area contributed by atoms with Gasteiger partial charge in [-0.25, -0.2) is 0 Å². The standard InChI is InChI=1S/C21H18BrN3O4/c1-3-10-29-18-9-8-13(11-16(18)22)14-12-24(2)21(19(14)25(27)28)15-6-4-5-7-17(15)23-20(21)26/h1,4-9,11,14,19H,10,12H2,2H3,(H,23,26)/t14-,19+,21+/m0/s1. The minimum Gasteiger partial charge on any atom is -0.480 e. The average molecular weight is 456 g/mol. The summed E-state index contributed by atoms with van der Waals surface area (Å²) >= 11 is 3.45. The van der Waals surface area contributed by atoms with Crippen LogP contribution in [0.1, 0.15) is 17.0 Å². The number of ether oxygens (including phenoxy) is 1. The van der Waals surface area contributed by atoms with Crippen LogP contribution in [0.3, 0.4) is 0 Å². The first-order valence-corrected chi connectivity index (χ1v) is 9.82. The van der Waals surface area contributed by atoms with Gasteiger partial charge in [-0.2, -0.15) is 0 Å². The maximum atomic E-state index is 13.1. The molecule has 0 aliphatic carbocycles. The van der Waals surface area contributed by atoms with Crippen LogP contribution in [0.4, 0.5) is 5.69 Å². The van der Waals surface area contributed by atoms with E-state index >= 15 is 0 Å². The van der Waals surface area contributed by atoms with Crippen LogP contribution in [-0.4, -0.2) is 42.0 Å². The third-order valence-electron chi connectivity index (χ3n) is 5.74. The van der Waals surface area contributed by atoms with Gasteiger partial charge in [0.1, 0.15) is 12.4 Å². The monoisotopic (exact) mass is 455 g/mol. The summed E-state index contributed by atoms with van der Waals surface area (Å²) in [6.45, 7) is 0.492. The van der Waals surface area contributed by atoms with Crippen LogP contribution in [0.2, 0.25) is 0 Å². The van der Waals surface area contributed by atoms with Crippen molar-refractivity contribution in [3.8, 4) is 18.1 Å². The lowest BCUT2D eigenvalue weighted by molar-refractivity contribution is -0.534. The lowest BCUT2D eigenvalue weighted by atomic mass is 9.79. The Kier molecular flexibility index (Phi) is 4.81. The summed E-state index contributed by atoms with van der Waals surface area (Å²) in [6.07, 6.45) is 5.23. The van der Waals surface area contributed by atoms with Crippen molar-refractivity contribution in [1.29, 1.82) is 0 Å². The highest BCUT2D eigenvalue weighted by atomic mass is 79.9. The summed E-state index contributed by atoms with van der Waals surface area (Å²) in [5.41, 5.74) is 0.670. The predicted molar refractivity (Wildman–Crippen MR) is 111 cm³/mol. The van der Waals surface area contributed by atoms with Crippen LogP contribution in [-0.2, 0) is 10.3 Å². The lowest BCUT2D eigenvalue weighted by Gasteiger charge is -2.30. The molecule has 8 heteroatoms. The van der Waals surface area contributed by atoms with E-state index in [9.17, 15) is 14.9 Å². The van der Waals surface area contributed by atoms with Crippen LogP contribution in [0.25, 0.3) is 0 Å². The number of nitrogens with zero attached hydrogens (tertiary/aromatic N) is 2. The highest BCUT2D eigenvalue weighted by molar-refractivity contribution is 9.10. The fourth-order valence-corrected chi connectivity index (χ4v) is 5.08. The zero-order valence-corrected chi connectivity index (χ0v) is 17.2. The Morgan fingerprint density at radius 1 is 1.41 bits per heavy atom. The van der Waals surface area contributed by atoms with Crippen molar-refractivity contribution in [2.24, 2.45) is 0 Å². The number of likely N-dealkylation sites (tertiary alicyclic amines) is 1. The molecule has 2 aliphatic rings. The first-order chi connectivity index (χ1) is 13.9. The number of anilines is 1. The summed E-state index contributed by atoms with van der Waals surface area (Å²) in [6, 6.07) is 11.4. The van der Waals surface area contributed by atoms with Gasteiger partial charge in [-0.15, -0.1) is 6.42 Å². The molecule has 0 bridgehead atoms. The molecule has 0 saturated carbocycles. The van der Waals surface area contributed by atoms with E-state index < -0.39 is 17.5 Å². The Labute approximate surface area is 176 Å². The molecule has 3 atom stereocenters. The van der Waals surface area contributed by atoms with Crippen molar-refractivity contribution in [3.05, 3.63) is 68.2 Å². The van der Waals surface area contributed by atoms with Crippen LogP contribution in [0.5, 0.6) is 5.75 Å². The van der Waals surface area contributed by atoms with Gasteiger partial charge in [-0.1, -0.05) is 30.2 Å². The number of nitro groups is 1. The van der Waals surface area contributed by atoms with E-state index in [1.54, 1.807) is 54.4 Å². The molecule has 0 radical (unpaired) electrons. The molecule has 1 saturated heterocycles. The fourth-order valence-electron chi connectivity index (χ4n) is 4.56. The maximum Gasteiger partial charge on any atom is 0.256 e.